The number of aromatic nitrogens is 1. The Hall–Kier alpha value is -1.61. The number of carbonyl (C=O) groups excluding carboxylic acids is 1. The summed E-state index contributed by atoms with van der Waals surface area (Å²) in [4.78, 5) is 14.8. The van der Waals surface area contributed by atoms with Crippen LogP contribution >= 0.6 is 0 Å². The average Bonchev–Trinajstić information content (AvgIpc) is 3.15. The van der Waals surface area contributed by atoms with E-state index in [0.717, 1.165) is 35.5 Å². The molecule has 1 aromatic heterocycles. The van der Waals surface area contributed by atoms with Crippen LogP contribution in [0.4, 0.5) is 0 Å². The minimum absolute atomic E-state index is 0.164. The van der Waals surface area contributed by atoms with Crippen molar-refractivity contribution in [3.05, 3.63) is 36.0 Å². The number of aryl methyl sites for hydroxylation is 1. The summed E-state index contributed by atoms with van der Waals surface area (Å²) in [6, 6.07) is 9.98. The van der Waals surface area contributed by atoms with E-state index in [0.29, 0.717) is 0 Å². The minimum atomic E-state index is 0.164. The zero-order chi connectivity index (χ0) is 18.8. The average molecular weight is 367 g/mol. The Morgan fingerprint density at radius 3 is 2.52 bits per heavy atom. The molecule has 0 N–H and O–H groups in total. The molecule has 146 valence electrons. The molecule has 1 aromatic carbocycles. The molecule has 2 aliphatic heterocycles. The molecule has 2 bridgehead atoms. The van der Waals surface area contributed by atoms with Crippen LogP contribution in [0.15, 0.2) is 30.5 Å². The van der Waals surface area contributed by atoms with E-state index in [4.69, 9.17) is 0 Å². The van der Waals surface area contributed by atoms with Crippen molar-refractivity contribution in [1.29, 1.82) is 0 Å². The van der Waals surface area contributed by atoms with E-state index in [1.54, 1.807) is 6.92 Å². The number of carbonyl (C=O) groups is 1. The molecule has 2 aromatic rings. The smallest absolute Gasteiger partial charge is 0.161 e. The maximum atomic E-state index is 12.0. The van der Waals surface area contributed by atoms with Crippen molar-refractivity contribution in [3.8, 4) is 0 Å². The van der Waals surface area contributed by atoms with E-state index in [2.05, 4.69) is 40.8 Å². The number of unbranched alkanes of at least 4 members (excludes halogenated alkanes) is 1. The lowest BCUT2D eigenvalue weighted by molar-refractivity contribution is 0.0968. The number of Topliss-reactive ketones (excluding diaryl/α,β-unsaturated/α-hetero) is 1. The first-order valence-corrected chi connectivity index (χ1v) is 11.0. The van der Waals surface area contributed by atoms with Gasteiger partial charge in [-0.25, -0.2) is 0 Å². The predicted octanol–water partition coefficient (Wildman–Crippen LogP) is 5.67. The first kappa shape index (κ1) is 18.7. The fraction of sp³-hybridized carbons (Fsp3) is 0.625. The van der Waals surface area contributed by atoms with Crippen LogP contribution in [0, 0.1) is 5.92 Å². The van der Waals surface area contributed by atoms with E-state index in [9.17, 15) is 4.79 Å². The van der Waals surface area contributed by atoms with Crippen LogP contribution < -0.4 is 0 Å². The van der Waals surface area contributed by atoms with Gasteiger partial charge in [0.1, 0.15) is 0 Å². The van der Waals surface area contributed by atoms with Crippen molar-refractivity contribution in [2.75, 3.05) is 6.54 Å². The molecule has 2 aliphatic rings. The van der Waals surface area contributed by atoms with Crippen molar-refractivity contribution < 1.29 is 4.79 Å². The van der Waals surface area contributed by atoms with Crippen LogP contribution in [0.1, 0.15) is 75.6 Å². The number of piperidine rings is 1. The Labute approximate surface area is 163 Å². The first-order valence-electron chi connectivity index (χ1n) is 11.0. The maximum Gasteiger partial charge on any atom is 0.161 e. The molecule has 2 unspecified atom stereocenters. The molecule has 27 heavy (non-hydrogen) atoms. The molecule has 0 radical (unpaired) electrons. The molecule has 3 heteroatoms. The van der Waals surface area contributed by atoms with Crippen molar-refractivity contribution in [2.45, 2.75) is 83.8 Å². The highest BCUT2D eigenvalue weighted by atomic mass is 16.1. The summed E-state index contributed by atoms with van der Waals surface area (Å²) in [5.74, 6) is 1.14. The monoisotopic (exact) mass is 366 g/mol. The van der Waals surface area contributed by atoms with Gasteiger partial charge in [0.25, 0.3) is 0 Å². The topological polar surface area (TPSA) is 25.2 Å². The van der Waals surface area contributed by atoms with E-state index in [1.165, 1.54) is 63.4 Å². The third-order valence-corrected chi connectivity index (χ3v) is 6.93. The Kier molecular flexibility index (Phi) is 5.68. The standard InChI is InChI=1S/C24H34N2O/c1-3-4-8-19-15-20-11-12-21(16-19)26(20)14-7-13-25-17-23(18(2)27)22-9-5-6-10-24(22)25/h5-6,9-10,17,19-21H,3-4,7-8,11-16H2,1-2H3. The highest BCUT2D eigenvalue weighted by Gasteiger charge is 2.39. The number of rotatable bonds is 8. The number of para-hydroxylation sites is 1. The van der Waals surface area contributed by atoms with Gasteiger partial charge in [-0.05, 0) is 51.0 Å². The number of nitrogens with zero attached hydrogens (tertiary/aromatic N) is 2. The van der Waals surface area contributed by atoms with Gasteiger partial charge in [0, 0.05) is 47.8 Å². The third-order valence-electron chi connectivity index (χ3n) is 6.93. The number of fused-ring (bicyclic) bond motifs is 3. The van der Waals surface area contributed by atoms with E-state index in [1.807, 2.05) is 6.07 Å². The largest absolute Gasteiger partial charge is 0.347 e. The molecule has 0 amide bonds. The molecular weight excluding hydrogens is 332 g/mol. The lowest BCUT2D eigenvalue weighted by atomic mass is 9.87. The van der Waals surface area contributed by atoms with Gasteiger partial charge in [0.15, 0.2) is 5.78 Å². The summed E-state index contributed by atoms with van der Waals surface area (Å²) in [5.41, 5.74) is 2.06. The van der Waals surface area contributed by atoms with Gasteiger partial charge < -0.3 is 4.57 Å². The van der Waals surface area contributed by atoms with Crippen molar-refractivity contribution >= 4 is 16.7 Å². The van der Waals surface area contributed by atoms with Crippen molar-refractivity contribution in [2.24, 2.45) is 5.92 Å². The number of hydrogen-bond donors (Lipinski definition) is 0. The Morgan fingerprint density at radius 2 is 1.81 bits per heavy atom. The molecule has 0 spiro atoms. The van der Waals surface area contributed by atoms with Crippen LogP contribution in [-0.2, 0) is 6.54 Å². The van der Waals surface area contributed by atoms with Crippen molar-refractivity contribution in [3.63, 3.8) is 0 Å². The molecule has 2 saturated heterocycles. The zero-order valence-electron chi connectivity index (χ0n) is 17.0. The number of hydrogen-bond acceptors (Lipinski definition) is 2. The predicted molar refractivity (Wildman–Crippen MR) is 112 cm³/mol. The van der Waals surface area contributed by atoms with Crippen molar-refractivity contribution in [1.82, 2.24) is 9.47 Å². The molecular formula is C24H34N2O. The highest BCUT2D eigenvalue weighted by molar-refractivity contribution is 6.06. The number of ketones is 1. The summed E-state index contributed by atoms with van der Waals surface area (Å²) < 4.78 is 2.29. The second kappa shape index (κ2) is 8.18. The second-order valence-corrected chi connectivity index (χ2v) is 8.77. The zero-order valence-corrected chi connectivity index (χ0v) is 17.0. The van der Waals surface area contributed by atoms with Crippen LogP contribution in [0.3, 0.4) is 0 Å². The summed E-state index contributed by atoms with van der Waals surface area (Å²) in [6.07, 6.45) is 13.1. The van der Waals surface area contributed by atoms with Gasteiger partial charge in [-0.15, -0.1) is 0 Å². The molecule has 0 saturated carbocycles. The summed E-state index contributed by atoms with van der Waals surface area (Å²) in [7, 11) is 0. The van der Waals surface area contributed by atoms with E-state index in [-0.39, 0.29) is 5.78 Å². The molecule has 3 nitrogen and oxygen atoms in total. The minimum Gasteiger partial charge on any atom is -0.347 e. The van der Waals surface area contributed by atoms with E-state index < -0.39 is 0 Å². The SMILES string of the molecule is CCCCC1CC2CCC(C1)N2CCCn1cc(C(C)=O)c2ccccc21. The normalized spacial score (nSPS) is 25.3. The molecule has 2 atom stereocenters. The third kappa shape index (κ3) is 3.85. The van der Waals surface area contributed by atoms with E-state index >= 15 is 0 Å². The fourth-order valence-electron chi connectivity index (χ4n) is 5.62. The Balaban J connectivity index is 1.37. The quantitative estimate of drug-likeness (QED) is 0.563. The molecule has 3 heterocycles. The number of benzene rings is 1. The second-order valence-electron chi connectivity index (χ2n) is 8.77. The van der Waals surface area contributed by atoms with Crippen LogP contribution in [0.5, 0.6) is 0 Å². The molecule has 4 rings (SSSR count). The highest BCUT2D eigenvalue weighted by Crippen LogP contribution is 2.40. The van der Waals surface area contributed by atoms with Gasteiger partial charge >= 0.3 is 0 Å². The molecule has 0 aliphatic carbocycles. The first-order chi connectivity index (χ1) is 13.2. The lowest BCUT2D eigenvalue weighted by Gasteiger charge is -2.39. The van der Waals surface area contributed by atoms with Gasteiger partial charge in [-0.1, -0.05) is 44.4 Å². The maximum absolute atomic E-state index is 12.0. The van der Waals surface area contributed by atoms with Gasteiger partial charge in [-0.3, -0.25) is 9.69 Å². The van der Waals surface area contributed by atoms with Crippen LogP contribution in [-0.4, -0.2) is 33.9 Å². The van der Waals surface area contributed by atoms with Crippen LogP contribution in [0.2, 0.25) is 0 Å². The van der Waals surface area contributed by atoms with Gasteiger partial charge in [0.2, 0.25) is 0 Å². The van der Waals surface area contributed by atoms with Gasteiger partial charge in [-0.2, -0.15) is 0 Å². The summed E-state index contributed by atoms with van der Waals surface area (Å²) in [6.45, 7) is 6.19. The summed E-state index contributed by atoms with van der Waals surface area (Å²) >= 11 is 0. The fourth-order valence-corrected chi connectivity index (χ4v) is 5.62. The summed E-state index contributed by atoms with van der Waals surface area (Å²) in [5, 5.41) is 1.10. The van der Waals surface area contributed by atoms with Crippen LogP contribution in [0.25, 0.3) is 10.9 Å². The van der Waals surface area contributed by atoms with Gasteiger partial charge in [0.05, 0.1) is 0 Å². The Morgan fingerprint density at radius 1 is 1.07 bits per heavy atom. The lowest BCUT2D eigenvalue weighted by Crippen LogP contribution is -2.43. The Bertz CT molecular complexity index is 779. The molecule has 2 fully saturated rings.